The number of fused-ring (bicyclic) bond motifs is 1. The lowest BCUT2D eigenvalue weighted by Crippen LogP contribution is -2.41. The number of likely N-dealkylation sites (tertiary alicyclic amines) is 1. The molecule has 0 saturated carbocycles. The Bertz CT molecular complexity index is 898. The number of carbonyl (C=O) groups excluding carboxylic acids is 3. The molecule has 146 valence electrons. The Hall–Kier alpha value is -3.07. The van der Waals surface area contributed by atoms with Gasteiger partial charge in [0, 0.05) is 18.3 Å². The minimum absolute atomic E-state index is 0.145. The highest BCUT2D eigenvalue weighted by Gasteiger charge is 2.36. The summed E-state index contributed by atoms with van der Waals surface area (Å²) in [4.78, 5) is 39.1. The lowest BCUT2D eigenvalue weighted by atomic mass is 10.2. The smallest absolute Gasteiger partial charge is 0.329 e. The van der Waals surface area contributed by atoms with Gasteiger partial charge in [0.2, 0.25) is 6.79 Å². The number of hydrogen-bond acceptors (Lipinski definition) is 7. The first-order valence-corrected chi connectivity index (χ1v) is 9.70. The molecule has 1 atom stereocenters. The van der Waals surface area contributed by atoms with Crippen LogP contribution < -0.4 is 14.8 Å². The number of carbonyl (C=O) groups is 3. The number of esters is 1. The Morgan fingerprint density at radius 2 is 2.07 bits per heavy atom. The molecule has 0 aliphatic carbocycles. The quantitative estimate of drug-likeness (QED) is 0.771. The number of ether oxygens (including phenoxy) is 3. The summed E-state index contributed by atoms with van der Waals surface area (Å²) in [5.41, 5.74) is 0.515. The first-order chi connectivity index (χ1) is 13.6. The number of nitrogens with zero attached hydrogens (tertiary/aromatic N) is 1. The van der Waals surface area contributed by atoms with E-state index < -0.39 is 24.5 Å². The van der Waals surface area contributed by atoms with Crippen LogP contribution in [-0.2, 0) is 14.3 Å². The molecule has 0 bridgehead atoms. The minimum Gasteiger partial charge on any atom is -0.454 e. The van der Waals surface area contributed by atoms with Gasteiger partial charge in [-0.3, -0.25) is 9.59 Å². The van der Waals surface area contributed by atoms with E-state index in [4.69, 9.17) is 14.2 Å². The van der Waals surface area contributed by atoms with Gasteiger partial charge in [0.1, 0.15) is 6.04 Å². The van der Waals surface area contributed by atoms with E-state index in [0.717, 1.165) is 6.42 Å². The third kappa shape index (κ3) is 3.79. The molecule has 1 aromatic heterocycles. The van der Waals surface area contributed by atoms with Crippen LogP contribution in [-0.4, -0.2) is 48.7 Å². The van der Waals surface area contributed by atoms with Crippen molar-refractivity contribution in [2.75, 3.05) is 25.3 Å². The number of hydrogen-bond donors (Lipinski definition) is 1. The van der Waals surface area contributed by atoms with Crippen LogP contribution in [0.2, 0.25) is 0 Å². The maximum absolute atomic E-state index is 12.5. The van der Waals surface area contributed by atoms with Gasteiger partial charge in [-0.2, -0.15) is 0 Å². The van der Waals surface area contributed by atoms with Crippen molar-refractivity contribution in [1.29, 1.82) is 0 Å². The van der Waals surface area contributed by atoms with Crippen molar-refractivity contribution < 1.29 is 28.6 Å². The standard InChI is InChI=1S/C19H18N2O6S/c22-17(20-12-5-6-14-15(9-12)27-11-26-14)10-25-19(24)13-3-1-7-21(13)18(23)16-4-2-8-28-16/h2,4-6,8-9,13H,1,3,7,10-11H2,(H,20,22)/t13-/m1/s1. The summed E-state index contributed by atoms with van der Waals surface area (Å²) >= 11 is 1.33. The van der Waals surface area contributed by atoms with E-state index in [1.807, 2.05) is 5.38 Å². The zero-order chi connectivity index (χ0) is 19.5. The third-order valence-corrected chi connectivity index (χ3v) is 5.38. The summed E-state index contributed by atoms with van der Waals surface area (Å²) in [5, 5.41) is 4.46. The first-order valence-electron chi connectivity index (χ1n) is 8.82. The van der Waals surface area contributed by atoms with Crippen molar-refractivity contribution in [2.24, 2.45) is 0 Å². The molecular weight excluding hydrogens is 384 g/mol. The Morgan fingerprint density at radius 3 is 2.89 bits per heavy atom. The highest BCUT2D eigenvalue weighted by atomic mass is 32.1. The second-order valence-corrected chi connectivity index (χ2v) is 7.31. The van der Waals surface area contributed by atoms with E-state index in [1.54, 1.807) is 30.3 Å². The van der Waals surface area contributed by atoms with Crippen molar-refractivity contribution in [1.82, 2.24) is 4.90 Å². The third-order valence-electron chi connectivity index (χ3n) is 4.52. The van der Waals surface area contributed by atoms with Crippen molar-refractivity contribution in [3.05, 3.63) is 40.6 Å². The summed E-state index contributed by atoms with van der Waals surface area (Å²) in [6, 6.07) is 7.87. The molecule has 3 heterocycles. The topological polar surface area (TPSA) is 94.2 Å². The molecule has 1 fully saturated rings. The van der Waals surface area contributed by atoms with Crippen molar-refractivity contribution in [3.8, 4) is 11.5 Å². The second-order valence-electron chi connectivity index (χ2n) is 6.36. The van der Waals surface area contributed by atoms with Crippen LogP contribution in [0.4, 0.5) is 5.69 Å². The van der Waals surface area contributed by atoms with Gasteiger partial charge in [-0.05, 0) is 36.4 Å². The van der Waals surface area contributed by atoms with E-state index in [-0.39, 0.29) is 12.7 Å². The molecular formula is C19H18N2O6S. The molecule has 28 heavy (non-hydrogen) atoms. The highest BCUT2D eigenvalue weighted by molar-refractivity contribution is 7.12. The summed E-state index contributed by atoms with van der Waals surface area (Å²) in [6.45, 7) is 0.219. The van der Waals surface area contributed by atoms with Gasteiger partial charge in [-0.15, -0.1) is 11.3 Å². The zero-order valence-corrected chi connectivity index (χ0v) is 15.7. The van der Waals surface area contributed by atoms with Crippen molar-refractivity contribution >= 4 is 34.8 Å². The van der Waals surface area contributed by atoms with Crippen LogP contribution in [0.1, 0.15) is 22.5 Å². The summed E-state index contributed by atoms with van der Waals surface area (Å²) < 4.78 is 15.6. The number of amides is 2. The Morgan fingerprint density at radius 1 is 1.21 bits per heavy atom. The number of rotatable bonds is 5. The molecule has 1 aromatic carbocycles. The van der Waals surface area contributed by atoms with Crippen LogP contribution >= 0.6 is 11.3 Å². The van der Waals surface area contributed by atoms with Gasteiger partial charge in [-0.25, -0.2) is 4.79 Å². The zero-order valence-electron chi connectivity index (χ0n) is 14.9. The maximum atomic E-state index is 12.5. The predicted molar refractivity (Wildman–Crippen MR) is 101 cm³/mol. The molecule has 1 N–H and O–H groups in total. The molecule has 0 radical (unpaired) electrons. The largest absolute Gasteiger partial charge is 0.454 e. The molecule has 2 amide bonds. The molecule has 8 nitrogen and oxygen atoms in total. The normalized spacial score (nSPS) is 17.4. The van der Waals surface area contributed by atoms with Crippen LogP contribution in [0.15, 0.2) is 35.7 Å². The van der Waals surface area contributed by atoms with Crippen LogP contribution in [0, 0.1) is 0 Å². The molecule has 2 aliphatic heterocycles. The molecule has 1 saturated heterocycles. The van der Waals surface area contributed by atoms with Crippen molar-refractivity contribution in [3.63, 3.8) is 0 Å². The van der Waals surface area contributed by atoms with Crippen LogP contribution in [0.3, 0.4) is 0 Å². The van der Waals surface area contributed by atoms with Gasteiger partial charge in [-0.1, -0.05) is 6.07 Å². The Kier molecular flexibility index (Phi) is 5.16. The van der Waals surface area contributed by atoms with Crippen LogP contribution in [0.5, 0.6) is 11.5 Å². The SMILES string of the molecule is O=C(COC(=O)[C@H]1CCCN1C(=O)c1cccs1)Nc1ccc2c(c1)OCO2. The monoisotopic (exact) mass is 402 g/mol. The number of thiophene rings is 1. The first kappa shape index (κ1) is 18.3. The van der Waals surface area contributed by atoms with Crippen molar-refractivity contribution in [2.45, 2.75) is 18.9 Å². The summed E-state index contributed by atoms with van der Waals surface area (Å²) in [6.07, 6.45) is 1.25. The fraction of sp³-hybridized carbons (Fsp3) is 0.316. The number of anilines is 1. The summed E-state index contributed by atoms with van der Waals surface area (Å²) in [7, 11) is 0. The number of benzene rings is 1. The fourth-order valence-electron chi connectivity index (χ4n) is 3.20. The number of nitrogens with one attached hydrogen (secondary N) is 1. The molecule has 0 unspecified atom stereocenters. The highest BCUT2D eigenvalue weighted by Crippen LogP contribution is 2.34. The Labute approximate surface area is 165 Å². The lowest BCUT2D eigenvalue weighted by molar-refractivity contribution is -0.151. The Balaban J connectivity index is 1.31. The molecule has 2 aliphatic rings. The average molecular weight is 402 g/mol. The maximum Gasteiger partial charge on any atom is 0.329 e. The second kappa shape index (κ2) is 7.89. The van der Waals surface area contributed by atoms with E-state index >= 15 is 0 Å². The van der Waals surface area contributed by atoms with Gasteiger partial charge < -0.3 is 24.4 Å². The van der Waals surface area contributed by atoms with E-state index in [0.29, 0.717) is 35.0 Å². The average Bonchev–Trinajstić information content (AvgIpc) is 3.46. The minimum atomic E-state index is -0.659. The van der Waals surface area contributed by atoms with Gasteiger partial charge in [0.15, 0.2) is 18.1 Å². The molecule has 2 aromatic rings. The van der Waals surface area contributed by atoms with Gasteiger partial charge in [0.05, 0.1) is 4.88 Å². The molecule has 9 heteroatoms. The van der Waals surface area contributed by atoms with E-state index in [9.17, 15) is 14.4 Å². The lowest BCUT2D eigenvalue weighted by Gasteiger charge is -2.22. The van der Waals surface area contributed by atoms with E-state index in [1.165, 1.54) is 16.2 Å². The van der Waals surface area contributed by atoms with Crippen LogP contribution in [0.25, 0.3) is 0 Å². The molecule has 4 rings (SSSR count). The fourth-order valence-corrected chi connectivity index (χ4v) is 3.88. The summed E-state index contributed by atoms with van der Waals surface area (Å²) in [5.74, 6) is -0.0616. The predicted octanol–water partition coefficient (Wildman–Crippen LogP) is 2.26. The van der Waals surface area contributed by atoms with Gasteiger partial charge in [0.25, 0.3) is 11.8 Å². The van der Waals surface area contributed by atoms with Gasteiger partial charge >= 0.3 is 5.97 Å². The molecule has 0 spiro atoms. The van der Waals surface area contributed by atoms with E-state index in [2.05, 4.69) is 5.32 Å².